The van der Waals surface area contributed by atoms with Crippen LogP contribution in [0.25, 0.3) is 0 Å². The van der Waals surface area contributed by atoms with Gasteiger partial charge in [0.2, 0.25) is 0 Å². The number of hydrogen-bond donors (Lipinski definition) is 2. The highest BCUT2D eigenvalue weighted by Crippen LogP contribution is 2.15. The van der Waals surface area contributed by atoms with Crippen LogP contribution in [0.4, 0.5) is 4.79 Å². The van der Waals surface area contributed by atoms with Crippen LogP contribution in [0.1, 0.15) is 45.7 Å². The summed E-state index contributed by atoms with van der Waals surface area (Å²) in [7, 11) is 0. The summed E-state index contributed by atoms with van der Waals surface area (Å²) in [6.07, 6.45) is 0.534. The Morgan fingerprint density at radius 1 is 1.42 bits per heavy atom. The number of alkyl carbamates (subject to hydrolysis) is 1. The zero-order valence-electron chi connectivity index (χ0n) is 12.2. The smallest absolute Gasteiger partial charge is 0.407 e. The highest BCUT2D eigenvalue weighted by Gasteiger charge is 2.15. The van der Waals surface area contributed by atoms with Crippen molar-refractivity contribution in [1.82, 2.24) is 10.6 Å². The highest BCUT2D eigenvalue weighted by atomic mass is 32.1. The third-order valence-electron chi connectivity index (χ3n) is 2.52. The molecule has 19 heavy (non-hydrogen) atoms. The van der Waals surface area contributed by atoms with Gasteiger partial charge in [-0.1, -0.05) is 0 Å². The van der Waals surface area contributed by atoms with Gasteiger partial charge < -0.3 is 15.4 Å². The first-order chi connectivity index (χ1) is 8.88. The summed E-state index contributed by atoms with van der Waals surface area (Å²) in [6.45, 7) is 9.21. The number of rotatable bonds is 6. The van der Waals surface area contributed by atoms with Crippen molar-refractivity contribution < 1.29 is 9.53 Å². The molecule has 1 aromatic rings. The van der Waals surface area contributed by atoms with Gasteiger partial charge in [-0.3, -0.25) is 0 Å². The van der Waals surface area contributed by atoms with Crippen LogP contribution in [0.15, 0.2) is 16.8 Å². The first-order valence-corrected chi connectivity index (χ1v) is 7.55. The normalized spacial score (nSPS) is 13.1. The predicted molar refractivity (Wildman–Crippen MR) is 79.6 cm³/mol. The minimum Gasteiger partial charge on any atom is -0.444 e. The molecule has 0 aliphatic rings. The summed E-state index contributed by atoms with van der Waals surface area (Å²) in [4.78, 5) is 11.4. The fourth-order valence-electron chi connectivity index (χ4n) is 1.55. The van der Waals surface area contributed by atoms with Gasteiger partial charge in [-0.05, 0) is 63.1 Å². The number of nitrogens with one attached hydrogen (secondary N) is 2. The van der Waals surface area contributed by atoms with E-state index in [1.807, 2.05) is 20.8 Å². The molecule has 108 valence electrons. The van der Waals surface area contributed by atoms with Crippen LogP contribution in [0.3, 0.4) is 0 Å². The molecule has 4 nitrogen and oxygen atoms in total. The summed E-state index contributed by atoms with van der Waals surface area (Å²) in [6, 6.07) is 2.48. The maximum Gasteiger partial charge on any atom is 0.407 e. The molecular weight excluding hydrogens is 260 g/mol. The minimum absolute atomic E-state index is 0.349. The number of amides is 1. The van der Waals surface area contributed by atoms with Crippen molar-refractivity contribution >= 4 is 17.4 Å². The summed E-state index contributed by atoms with van der Waals surface area (Å²) in [5.41, 5.74) is 0.876. The second-order valence-corrected chi connectivity index (χ2v) is 6.29. The molecule has 2 N–H and O–H groups in total. The topological polar surface area (TPSA) is 50.4 Å². The number of thiophene rings is 1. The summed E-state index contributed by atoms with van der Waals surface area (Å²) >= 11 is 1.71. The van der Waals surface area contributed by atoms with Crippen molar-refractivity contribution in [2.45, 2.75) is 45.8 Å². The molecule has 1 amide bonds. The molecule has 0 aliphatic carbocycles. The average molecular weight is 284 g/mol. The molecule has 1 unspecified atom stereocenters. The number of hydrogen-bond acceptors (Lipinski definition) is 4. The molecular formula is C14H24N2O2S. The third kappa shape index (κ3) is 7.18. The molecule has 0 spiro atoms. The van der Waals surface area contributed by atoms with Crippen molar-refractivity contribution in [3.63, 3.8) is 0 Å². The van der Waals surface area contributed by atoms with E-state index in [1.54, 1.807) is 11.3 Å². The van der Waals surface area contributed by atoms with Gasteiger partial charge >= 0.3 is 6.09 Å². The Morgan fingerprint density at radius 2 is 2.16 bits per heavy atom. The second kappa shape index (κ2) is 7.50. The predicted octanol–water partition coefficient (Wildman–Crippen LogP) is 3.31. The van der Waals surface area contributed by atoms with E-state index in [9.17, 15) is 4.79 Å². The fourth-order valence-corrected chi connectivity index (χ4v) is 2.30. The molecule has 0 fully saturated rings. The molecule has 5 heteroatoms. The quantitative estimate of drug-likeness (QED) is 0.788. The van der Waals surface area contributed by atoms with E-state index >= 15 is 0 Å². The van der Waals surface area contributed by atoms with Gasteiger partial charge in [0.05, 0.1) is 0 Å². The maximum atomic E-state index is 11.4. The minimum atomic E-state index is -0.435. The van der Waals surface area contributed by atoms with E-state index in [2.05, 4.69) is 34.4 Å². The monoisotopic (exact) mass is 284 g/mol. The Morgan fingerprint density at radius 3 is 2.74 bits per heavy atom. The van der Waals surface area contributed by atoms with E-state index in [1.165, 1.54) is 5.56 Å². The number of carbonyl (C=O) groups excluding carboxylic acids is 1. The molecule has 0 aliphatic heterocycles. The van der Waals surface area contributed by atoms with Gasteiger partial charge in [0.15, 0.2) is 0 Å². The lowest BCUT2D eigenvalue weighted by molar-refractivity contribution is 0.0527. The highest BCUT2D eigenvalue weighted by molar-refractivity contribution is 7.07. The summed E-state index contributed by atoms with van der Waals surface area (Å²) < 4.78 is 5.16. The third-order valence-corrected chi connectivity index (χ3v) is 3.22. The van der Waals surface area contributed by atoms with Crippen LogP contribution in [0, 0.1) is 0 Å². The zero-order chi connectivity index (χ0) is 14.3. The van der Waals surface area contributed by atoms with Gasteiger partial charge in [-0.25, -0.2) is 4.79 Å². The fraction of sp³-hybridized carbons (Fsp3) is 0.643. The average Bonchev–Trinajstić information content (AvgIpc) is 2.79. The van der Waals surface area contributed by atoms with Crippen LogP contribution in [0.5, 0.6) is 0 Å². The standard InChI is InChI=1S/C14H24N2O2S/c1-11(12-6-9-19-10-12)15-7-5-8-16-13(17)18-14(2,3)4/h6,9-11,15H,5,7-8H2,1-4H3,(H,16,17). The first kappa shape index (κ1) is 16.0. The lowest BCUT2D eigenvalue weighted by Gasteiger charge is -2.19. The lowest BCUT2D eigenvalue weighted by Crippen LogP contribution is -2.34. The van der Waals surface area contributed by atoms with Gasteiger partial charge in [0.25, 0.3) is 0 Å². The lowest BCUT2D eigenvalue weighted by atomic mass is 10.2. The van der Waals surface area contributed by atoms with E-state index in [0.717, 1.165) is 13.0 Å². The summed E-state index contributed by atoms with van der Waals surface area (Å²) in [5.74, 6) is 0. The molecule has 0 saturated carbocycles. The van der Waals surface area contributed by atoms with Crippen LogP contribution in [-0.4, -0.2) is 24.8 Å². The van der Waals surface area contributed by atoms with Crippen molar-refractivity contribution in [2.75, 3.05) is 13.1 Å². The van der Waals surface area contributed by atoms with Gasteiger partial charge in [0.1, 0.15) is 5.60 Å². The van der Waals surface area contributed by atoms with E-state index in [4.69, 9.17) is 4.74 Å². The van der Waals surface area contributed by atoms with Crippen molar-refractivity contribution in [3.8, 4) is 0 Å². The Balaban J connectivity index is 2.07. The molecule has 1 atom stereocenters. The molecule has 1 rings (SSSR count). The number of ether oxygens (including phenoxy) is 1. The van der Waals surface area contributed by atoms with Crippen molar-refractivity contribution in [2.24, 2.45) is 0 Å². The molecule has 1 heterocycles. The Labute approximate surface area is 119 Å². The SMILES string of the molecule is CC(NCCCNC(=O)OC(C)(C)C)c1ccsc1. The Hall–Kier alpha value is -1.07. The van der Waals surface area contributed by atoms with Gasteiger partial charge in [-0.2, -0.15) is 11.3 Å². The molecule has 0 aromatic carbocycles. The Bertz CT molecular complexity index is 371. The number of carbonyl (C=O) groups is 1. The molecule has 0 bridgehead atoms. The first-order valence-electron chi connectivity index (χ1n) is 6.61. The van der Waals surface area contributed by atoms with Crippen molar-refractivity contribution in [3.05, 3.63) is 22.4 Å². The van der Waals surface area contributed by atoms with Gasteiger partial charge in [-0.15, -0.1) is 0 Å². The second-order valence-electron chi connectivity index (χ2n) is 5.51. The van der Waals surface area contributed by atoms with Crippen LogP contribution >= 0.6 is 11.3 Å². The van der Waals surface area contributed by atoms with Gasteiger partial charge in [0, 0.05) is 12.6 Å². The molecule has 1 aromatic heterocycles. The molecule has 0 radical (unpaired) electrons. The van der Waals surface area contributed by atoms with Crippen LogP contribution in [0.2, 0.25) is 0 Å². The van der Waals surface area contributed by atoms with E-state index < -0.39 is 5.60 Å². The molecule has 0 saturated heterocycles. The Kier molecular flexibility index (Phi) is 6.31. The zero-order valence-corrected chi connectivity index (χ0v) is 13.0. The van der Waals surface area contributed by atoms with E-state index in [-0.39, 0.29) is 6.09 Å². The maximum absolute atomic E-state index is 11.4. The summed E-state index contributed by atoms with van der Waals surface area (Å²) in [5, 5.41) is 10.4. The largest absolute Gasteiger partial charge is 0.444 e. The van der Waals surface area contributed by atoms with E-state index in [0.29, 0.717) is 12.6 Å². The van der Waals surface area contributed by atoms with Crippen molar-refractivity contribution in [1.29, 1.82) is 0 Å². The van der Waals surface area contributed by atoms with Crippen LogP contribution < -0.4 is 10.6 Å². The van der Waals surface area contributed by atoms with Crippen LogP contribution in [-0.2, 0) is 4.74 Å².